The Balaban J connectivity index is 2.10. The molecule has 2 atom stereocenters. The van der Waals surface area contributed by atoms with Gasteiger partial charge in [-0.2, -0.15) is 5.26 Å². The second kappa shape index (κ2) is 7.45. The molecule has 0 radical (unpaired) electrons. The number of carbonyl (C=O) groups excluding carboxylic acids is 2. The van der Waals surface area contributed by atoms with Gasteiger partial charge in [0.1, 0.15) is 11.5 Å². The largest absolute Gasteiger partial charge is 0.497 e. The van der Waals surface area contributed by atoms with Crippen LogP contribution < -0.4 is 14.8 Å². The predicted octanol–water partition coefficient (Wildman–Crippen LogP) is 1.26. The lowest BCUT2D eigenvalue weighted by atomic mass is 9.87. The van der Waals surface area contributed by atoms with Crippen LogP contribution in [-0.4, -0.2) is 32.0 Å². The number of hydrogen-bond acceptors (Lipinski definition) is 5. The first-order valence-corrected chi connectivity index (χ1v) is 7.22. The molecule has 120 valence electrons. The van der Waals surface area contributed by atoms with Crippen LogP contribution in [0.25, 0.3) is 0 Å². The van der Waals surface area contributed by atoms with Crippen molar-refractivity contribution < 1.29 is 19.1 Å². The Morgan fingerprint density at radius 1 is 1.61 bits per heavy atom. The van der Waals surface area contributed by atoms with Crippen molar-refractivity contribution in [3.05, 3.63) is 36.4 Å². The number of nitrogens with one attached hydrogen (secondary N) is 1. The molecule has 0 unspecified atom stereocenters. The van der Waals surface area contributed by atoms with Gasteiger partial charge in [0.2, 0.25) is 5.91 Å². The number of ketones is 1. The van der Waals surface area contributed by atoms with E-state index >= 15 is 0 Å². The number of carbonyl (C=O) groups is 2. The van der Waals surface area contributed by atoms with Crippen molar-refractivity contribution in [1.82, 2.24) is 5.32 Å². The minimum absolute atomic E-state index is 0.145. The summed E-state index contributed by atoms with van der Waals surface area (Å²) in [4.78, 5) is 24.3. The van der Waals surface area contributed by atoms with Crippen LogP contribution in [-0.2, 0) is 16.0 Å². The van der Waals surface area contributed by atoms with Crippen molar-refractivity contribution in [2.45, 2.75) is 6.42 Å². The van der Waals surface area contributed by atoms with E-state index in [9.17, 15) is 9.59 Å². The summed E-state index contributed by atoms with van der Waals surface area (Å²) >= 11 is 0. The average molecular weight is 314 g/mol. The number of nitrogens with zero attached hydrogens (tertiary/aromatic N) is 1. The lowest BCUT2D eigenvalue weighted by Crippen LogP contribution is -2.40. The lowest BCUT2D eigenvalue weighted by molar-refractivity contribution is -0.134. The molecule has 2 rings (SSSR count). The third kappa shape index (κ3) is 3.69. The quantitative estimate of drug-likeness (QED) is 0.631. The van der Waals surface area contributed by atoms with Crippen molar-refractivity contribution in [2.75, 3.05) is 20.3 Å². The van der Waals surface area contributed by atoms with E-state index in [-0.39, 0.29) is 13.2 Å². The number of nitriles is 1. The summed E-state index contributed by atoms with van der Waals surface area (Å²) in [7, 11) is 1.57. The van der Waals surface area contributed by atoms with Gasteiger partial charge in [-0.1, -0.05) is 12.1 Å². The van der Waals surface area contributed by atoms with E-state index in [0.29, 0.717) is 17.9 Å². The number of ether oxygens (including phenoxy) is 2. The molecular weight excluding hydrogens is 296 g/mol. The van der Waals surface area contributed by atoms with Crippen molar-refractivity contribution in [3.8, 4) is 17.6 Å². The molecule has 1 aliphatic heterocycles. The maximum absolute atomic E-state index is 12.5. The van der Waals surface area contributed by atoms with E-state index in [1.165, 1.54) is 6.08 Å². The smallest absolute Gasteiger partial charge is 0.245 e. The zero-order chi connectivity index (χ0) is 16.8. The average Bonchev–Trinajstić information content (AvgIpc) is 2.59. The lowest BCUT2D eigenvalue weighted by Gasteiger charge is -2.25. The number of benzene rings is 1. The van der Waals surface area contributed by atoms with Crippen LogP contribution in [0.1, 0.15) is 5.56 Å². The molecule has 1 aromatic rings. The van der Waals surface area contributed by atoms with Crippen molar-refractivity contribution in [3.63, 3.8) is 0 Å². The van der Waals surface area contributed by atoms with Crippen molar-refractivity contribution in [1.29, 1.82) is 5.26 Å². The summed E-state index contributed by atoms with van der Waals surface area (Å²) in [6.45, 7) is 3.84. The topological polar surface area (TPSA) is 88.4 Å². The first-order valence-electron chi connectivity index (χ1n) is 7.22. The molecule has 0 saturated heterocycles. The van der Waals surface area contributed by atoms with Crippen molar-refractivity contribution >= 4 is 11.7 Å². The Morgan fingerprint density at radius 2 is 2.39 bits per heavy atom. The molecule has 1 N–H and O–H groups in total. The van der Waals surface area contributed by atoms with E-state index < -0.39 is 23.5 Å². The molecular formula is C17H18N2O4. The van der Waals surface area contributed by atoms with Gasteiger partial charge in [-0.25, -0.2) is 0 Å². The van der Waals surface area contributed by atoms with Gasteiger partial charge < -0.3 is 14.8 Å². The zero-order valence-corrected chi connectivity index (χ0v) is 12.9. The third-order valence-corrected chi connectivity index (χ3v) is 3.68. The Bertz CT molecular complexity index is 663. The molecule has 0 aromatic heterocycles. The fraction of sp³-hybridized carbons (Fsp3) is 0.353. The minimum Gasteiger partial charge on any atom is -0.497 e. The van der Waals surface area contributed by atoms with E-state index in [0.717, 1.165) is 5.56 Å². The van der Waals surface area contributed by atoms with Crippen LogP contribution in [0.4, 0.5) is 0 Å². The molecule has 6 heteroatoms. The van der Waals surface area contributed by atoms with Crippen LogP contribution in [0.15, 0.2) is 30.9 Å². The molecule has 0 fully saturated rings. The summed E-state index contributed by atoms with van der Waals surface area (Å²) in [5, 5.41) is 11.6. The molecule has 1 amide bonds. The molecule has 0 spiro atoms. The molecule has 1 aliphatic rings. The molecule has 6 nitrogen and oxygen atoms in total. The van der Waals surface area contributed by atoms with Crippen LogP contribution in [0.3, 0.4) is 0 Å². The van der Waals surface area contributed by atoms with Crippen LogP contribution in [0.2, 0.25) is 0 Å². The molecule has 1 heterocycles. The minimum atomic E-state index is -1.33. The van der Waals surface area contributed by atoms with Crippen LogP contribution in [0.5, 0.6) is 11.5 Å². The number of hydrogen-bond donors (Lipinski definition) is 1. The highest BCUT2D eigenvalue weighted by atomic mass is 16.5. The van der Waals surface area contributed by atoms with Gasteiger partial charge in [-0.3, -0.25) is 9.59 Å². The second-order valence-electron chi connectivity index (χ2n) is 5.18. The van der Waals surface area contributed by atoms with Gasteiger partial charge in [-0.05, 0) is 18.1 Å². The molecule has 1 aromatic carbocycles. The van der Waals surface area contributed by atoms with Gasteiger partial charge in [-0.15, -0.1) is 6.58 Å². The summed E-state index contributed by atoms with van der Waals surface area (Å²) in [5.41, 5.74) is 0.860. The Morgan fingerprint density at radius 3 is 3.04 bits per heavy atom. The third-order valence-electron chi connectivity index (χ3n) is 3.68. The van der Waals surface area contributed by atoms with E-state index in [1.54, 1.807) is 25.3 Å². The standard InChI is InChI=1S/C17H18N2O4/c1-3-6-19-17(21)14(9-18)16(20)12-7-11-4-5-13(22-2)8-15(11)23-10-12/h3-5,8,12,14H,1,6-7,10H2,2H3,(H,19,21)/t12-,14-/m0/s1. The van der Waals surface area contributed by atoms with Gasteiger partial charge in [0.05, 0.1) is 25.7 Å². The zero-order valence-electron chi connectivity index (χ0n) is 12.9. The number of fused-ring (bicyclic) bond motifs is 1. The second-order valence-corrected chi connectivity index (χ2v) is 5.18. The number of methoxy groups -OCH3 is 1. The monoisotopic (exact) mass is 314 g/mol. The molecule has 0 saturated carbocycles. The van der Waals surface area contributed by atoms with Crippen molar-refractivity contribution in [2.24, 2.45) is 11.8 Å². The summed E-state index contributed by atoms with van der Waals surface area (Å²) in [6.07, 6.45) is 1.93. The first kappa shape index (κ1) is 16.6. The molecule has 0 aliphatic carbocycles. The highest BCUT2D eigenvalue weighted by molar-refractivity contribution is 6.05. The SMILES string of the molecule is C=CCNC(=O)[C@@H](C#N)C(=O)[C@@H]1COc2cc(OC)ccc2C1. The highest BCUT2D eigenvalue weighted by Gasteiger charge is 2.35. The normalized spacial score (nSPS) is 17.0. The number of amides is 1. The predicted molar refractivity (Wildman–Crippen MR) is 83.0 cm³/mol. The molecule has 23 heavy (non-hydrogen) atoms. The van der Waals surface area contributed by atoms with E-state index in [4.69, 9.17) is 14.7 Å². The Labute approximate surface area is 134 Å². The van der Waals surface area contributed by atoms with Crippen LogP contribution >= 0.6 is 0 Å². The van der Waals surface area contributed by atoms with E-state index in [1.807, 2.05) is 6.07 Å². The van der Waals surface area contributed by atoms with Gasteiger partial charge in [0, 0.05) is 12.6 Å². The summed E-state index contributed by atoms with van der Waals surface area (Å²) in [5.74, 6) is -1.53. The number of Topliss-reactive ketones (excluding diaryl/α,β-unsaturated/α-hetero) is 1. The summed E-state index contributed by atoms with van der Waals surface area (Å²) < 4.78 is 10.7. The summed E-state index contributed by atoms with van der Waals surface area (Å²) in [6, 6.07) is 7.15. The van der Waals surface area contributed by atoms with Gasteiger partial charge in [0.25, 0.3) is 0 Å². The maximum atomic E-state index is 12.5. The molecule has 0 bridgehead atoms. The Kier molecular flexibility index (Phi) is 5.36. The fourth-order valence-electron chi connectivity index (χ4n) is 2.42. The van der Waals surface area contributed by atoms with E-state index in [2.05, 4.69) is 11.9 Å². The fourth-order valence-corrected chi connectivity index (χ4v) is 2.42. The first-order chi connectivity index (χ1) is 11.1. The van der Waals surface area contributed by atoms with Crippen LogP contribution in [0, 0.1) is 23.2 Å². The highest BCUT2D eigenvalue weighted by Crippen LogP contribution is 2.32. The van der Waals surface area contributed by atoms with Gasteiger partial charge in [0.15, 0.2) is 11.7 Å². The maximum Gasteiger partial charge on any atom is 0.245 e. The van der Waals surface area contributed by atoms with Gasteiger partial charge >= 0.3 is 0 Å². The number of rotatable bonds is 6. The Hall–Kier alpha value is -2.81.